The Bertz CT molecular complexity index is 694. The Balaban J connectivity index is 2.12. The Labute approximate surface area is 116 Å². The summed E-state index contributed by atoms with van der Waals surface area (Å²) in [5.41, 5.74) is 5.13. The molecule has 2 aromatic heterocycles. The summed E-state index contributed by atoms with van der Waals surface area (Å²) in [6.07, 6.45) is -3.81. The molecule has 4 atom stereocenters. The molecule has 0 amide bonds. The third-order valence-corrected chi connectivity index (χ3v) is 3.44. The zero-order chi connectivity index (χ0) is 15.3. The standard InChI is InChI=1S/C11H12F2N4O4/c12-4-5-6(10(14)16-9(4)13)17(2-15-5)11-8(20)7(19)3(1-18)21-11/h2-3,7-8,11,18-20H,1H2,(H2,14,16)/t3-,7-,8-,11+/m1/s1. The van der Waals surface area contributed by atoms with Gasteiger partial charge in [-0.25, -0.2) is 4.98 Å². The molecule has 5 N–H and O–H groups in total. The molecule has 1 aliphatic rings. The van der Waals surface area contributed by atoms with Crippen LogP contribution in [-0.2, 0) is 4.74 Å². The third kappa shape index (κ3) is 1.95. The number of anilines is 1. The molecule has 10 heteroatoms. The largest absolute Gasteiger partial charge is 0.394 e. The Hall–Kier alpha value is -1.88. The van der Waals surface area contributed by atoms with Crippen LogP contribution in [0.4, 0.5) is 14.6 Å². The average Bonchev–Trinajstić information content (AvgIpc) is 3.00. The molecule has 0 unspecified atom stereocenters. The minimum atomic E-state index is -1.40. The molecular weight excluding hydrogens is 290 g/mol. The number of nitrogens with two attached hydrogens (primary N) is 1. The number of hydrogen-bond donors (Lipinski definition) is 4. The summed E-state index contributed by atoms with van der Waals surface area (Å²) >= 11 is 0. The molecule has 1 aliphatic heterocycles. The Morgan fingerprint density at radius 3 is 2.67 bits per heavy atom. The maximum Gasteiger partial charge on any atom is 0.253 e. The molecule has 3 rings (SSSR count). The summed E-state index contributed by atoms with van der Waals surface area (Å²) in [6, 6.07) is 0. The summed E-state index contributed by atoms with van der Waals surface area (Å²) < 4.78 is 33.2. The Morgan fingerprint density at radius 1 is 1.33 bits per heavy atom. The van der Waals surface area contributed by atoms with E-state index in [-0.39, 0.29) is 16.9 Å². The van der Waals surface area contributed by atoms with Gasteiger partial charge < -0.3 is 25.8 Å². The van der Waals surface area contributed by atoms with Crippen molar-refractivity contribution in [2.45, 2.75) is 24.5 Å². The normalized spacial score (nSPS) is 29.4. The van der Waals surface area contributed by atoms with Gasteiger partial charge in [0.2, 0.25) is 5.82 Å². The quantitative estimate of drug-likeness (QED) is 0.519. The number of aliphatic hydroxyl groups excluding tert-OH is 3. The number of pyridine rings is 1. The van der Waals surface area contributed by atoms with E-state index in [0.29, 0.717) is 0 Å². The first-order valence-corrected chi connectivity index (χ1v) is 6.05. The minimum Gasteiger partial charge on any atom is -0.394 e. The van der Waals surface area contributed by atoms with Crippen molar-refractivity contribution in [3.63, 3.8) is 0 Å². The van der Waals surface area contributed by atoms with E-state index in [9.17, 15) is 19.0 Å². The van der Waals surface area contributed by atoms with Crippen LogP contribution in [0.3, 0.4) is 0 Å². The van der Waals surface area contributed by atoms with Gasteiger partial charge in [0.05, 0.1) is 12.9 Å². The maximum atomic E-state index is 13.6. The molecular formula is C11H12F2N4O4. The van der Waals surface area contributed by atoms with Crippen LogP contribution in [0.25, 0.3) is 11.0 Å². The highest BCUT2D eigenvalue weighted by molar-refractivity contribution is 5.85. The molecule has 3 heterocycles. The predicted molar refractivity (Wildman–Crippen MR) is 64.9 cm³/mol. The van der Waals surface area contributed by atoms with Gasteiger partial charge in [-0.3, -0.25) is 4.57 Å². The van der Waals surface area contributed by atoms with Crippen molar-refractivity contribution in [1.29, 1.82) is 0 Å². The van der Waals surface area contributed by atoms with Crippen LogP contribution in [0.5, 0.6) is 0 Å². The van der Waals surface area contributed by atoms with Gasteiger partial charge in [0.15, 0.2) is 12.0 Å². The lowest BCUT2D eigenvalue weighted by Gasteiger charge is -2.17. The molecule has 2 aromatic rings. The number of halogens is 2. The molecule has 0 radical (unpaired) electrons. The summed E-state index contributed by atoms with van der Waals surface area (Å²) in [4.78, 5) is 6.90. The predicted octanol–water partition coefficient (Wildman–Crippen LogP) is -1.10. The van der Waals surface area contributed by atoms with Crippen molar-refractivity contribution >= 4 is 16.9 Å². The lowest BCUT2D eigenvalue weighted by molar-refractivity contribution is -0.0508. The molecule has 8 nitrogen and oxygen atoms in total. The van der Waals surface area contributed by atoms with Crippen LogP contribution < -0.4 is 5.73 Å². The van der Waals surface area contributed by atoms with E-state index in [1.807, 2.05) is 0 Å². The van der Waals surface area contributed by atoms with Crippen LogP contribution >= 0.6 is 0 Å². The number of nitrogens with zero attached hydrogens (tertiary/aromatic N) is 3. The topological polar surface area (TPSA) is 127 Å². The second kappa shape index (κ2) is 4.84. The number of aromatic nitrogens is 3. The van der Waals surface area contributed by atoms with Crippen LogP contribution in [0.1, 0.15) is 6.23 Å². The fraction of sp³-hybridized carbons (Fsp3) is 0.455. The van der Waals surface area contributed by atoms with Crippen molar-refractivity contribution in [2.24, 2.45) is 0 Å². The highest BCUT2D eigenvalue weighted by atomic mass is 19.2. The van der Waals surface area contributed by atoms with Gasteiger partial charge in [-0.1, -0.05) is 0 Å². The SMILES string of the molecule is Nc1nc(F)c(F)c2ncn([C@H]3O[C@H](CO)[C@@H](O)[C@H]3O)c12. The lowest BCUT2D eigenvalue weighted by Crippen LogP contribution is -2.33. The first kappa shape index (κ1) is 14.1. The van der Waals surface area contributed by atoms with Gasteiger partial charge in [-0.2, -0.15) is 13.8 Å². The van der Waals surface area contributed by atoms with Crippen molar-refractivity contribution in [3.8, 4) is 0 Å². The number of hydrogen-bond acceptors (Lipinski definition) is 7. The lowest BCUT2D eigenvalue weighted by atomic mass is 10.1. The zero-order valence-electron chi connectivity index (χ0n) is 10.5. The van der Waals surface area contributed by atoms with Crippen LogP contribution in [0.2, 0.25) is 0 Å². The fourth-order valence-electron chi connectivity index (χ4n) is 2.38. The average molecular weight is 302 g/mol. The maximum absolute atomic E-state index is 13.6. The van der Waals surface area contributed by atoms with Gasteiger partial charge in [0, 0.05) is 0 Å². The molecule has 1 fully saturated rings. The molecule has 0 spiro atoms. The molecule has 1 saturated heterocycles. The van der Waals surface area contributed by atoms with E-state index in [1.54, 1.807) is 0 Å². The van der Waals surface area contributed by atoms with Gasteiger partial charge in [-0.05, 0) is 0 Å². The molecule has 0 aromatic carbocycles. The monoisotopic (exact) mass is 302 g/mol. The third-order valence-electron chi connectivity index (χ3n) is 3.44. The van der Waals surface area contributed by atoms with Crippen LogP contribution in [-0.4, -0.2) is 54.8 Å². The molecule has 0 bridgehead atoms. The first-order valence-electron chi connectivity index (χ1n) is 6.05. The van der Waals surface area contributed by atoms with Gasteiger partial charge in [-0.15, -0.1) is 0 Å². The van der Waals surface area contributed by atoms with E-state index < -0.39 is 42.9 Å². The summed E-state index contributed by atoms with van der Waals surface area (Å²) in [5.74, 6) is -2.99. The van der Waals surface area contributed by atoms with E-state index in [2.05, 4.69) is 9.97 Å². The second-order valence-electron chi connectivity index (χ2n) is 4.68. The van der Waals surface area contributed by atoms with Gasteiger partial charge >= 0.3 is 0 Å². The first-order chi connectivity index (χ1) is 9.95. The number of fused-ring (bicyclic) bond motifs is 1. The smallest absolute Gasteiger partial charge is 0.253 e. The van der Waals surface area contributed by atoms with Crippen molar-refractivity contribution in [1.82, 2.24) is 14.5 Å². The van der Waals surface area contributed by atoms with E-state index in [0.717, 1.165) is 10.9 Å². The van der Waals surface area contributed by atoms with Crippen molar-refractivity contribution in [2.75, 3.05) is 12.3 Å². The van der Waals surface area contributed by atoms with Crippen LogP contribution in [0, 0.1) is 11.8 Å². The number of rotatable bonds is 2. The second-order valence-corrected chi connectivity index (χ2v) is 4.68. The number of imidazole rings is 1. The molecule has 0 saturated carbocycles. The van der Waals surface area contributed by atoms with Crippen LogP contribution in [0.15, 0.2) is 6.33 Å². The van der Waals surface area contributed by atoms with E-state index >= 15 is 0 Å². The molecule has 21 heavy (non-hydrogen) atoms. The highest BCUT2D eigenvalue weighted by Gasteiger charge is 2.44. The Kier molecular flexibility index (Phi) is 3.24. The molecule has 114 valence electrons. The van der Waals surface area contributed by atoms with E-state index in [4.69, 9.17) is 15.6 Å². The van der Waals surface area contributed by atoms with Crippen molar-refractivity contribution in [3.05, 3.63) is 18.1 Å². The van der Waals surface area contributed by atoms with E-state index in [1.165, 1.54) is 0 Å². The fourth-order valence-corrected chi connectivity index (χ4v) is 2.38. The number of nitrogen functional groups attached to an aromatic ring is 1. The summed E-state index contributed by atoms with van der Waals surface area (Å²) in [6.45, 7) is -0.516. The number of ether oxygens (including phenoxy) is 1. The van der Waals surface area contributed by atoms with Gasteiger partial charge in [0.1, 0.15) is 29.3 Å². The highest BCUT2D eigenvalue weighted by Crippen LogP contribution is 2.33. The summed E-state index contributed by atoms with van der Waals surface area (Å²) in [7, 11) is 0. The van der Waals surface area contributed by atoms with Crippen molar-refractivity contribution < 1.29 is 28.8 Å². The van der Waals surface area contributed by atoms with Gasteiger partial charge in [0.25, 0.3) is 5.95 Å². The Morgan fingerprint density at radius 2 is 2.05 bits per heavy atom. The molecule has 0 aliphatic carbocycles. The summed E-state index contributed by atoms with van der Waals surface area (Å²) in [5, 5.41) is 28.7. The minimum absolute atomic E-state index is 0.0660. The number of aliphatic hydroxyl groups is 3. The zero-order valence-corrected chi connectivity index (χ0v) is 10.5.